The highest BCUT2D eigenvalue weighted by atomic mass is 16.2. The number of hydrogen-bond acceptors (Lipinski definition) is 1. The van der Waals surface area contributed by atoms with Crippen molar-refractivity contribution < 1.29 is 4.79 Å². The van der Waals surface area contributed by atoms with Gasteiger partial charge in [-0.1, -0.05) is 38.1 Å². The number of carbonyl (C=O) groups excluding carboxylic acids is 1. The Labute approximate surface area is 103 Å². The van der Waals surface area contributed by atoms with E-state index in [1.165, 1.54) is 11.1 Å². The van der Waals surface area contributed by atoms with Gasteiger partial charge in [0.1, 0.15) is 0 Å². The molecule has 1 heterocycles. The van der Waals surface area contributed by atoms with Crippen LogP contribution in [0.1, 0.15) is 37.3 Å². The molecular weight excluding hydrogens is 210 g/mol. The van der Waals surface area contributed by atoms with Gasteiger partial charge in [-0.3, -0.25) is 4.79 Å². The first-order valence-corrected chi connectivity index (χ1v) is 6.38. The van der Waals surface area contributed by atoms with Crippen molar-refractivity contribution in [3.63, 3.8) is 0 Å². The highest BCUT2D eigenvalue weighted by Crippen LogP contribution is 2.51. The summed E-state index contributed by atoms with van der Waals surface area (Å²) >= 11 is 0. The molecule has 1 aromatic rings. The maximum atomic E-state index is 12.3. The number of aryl methyl sites for hydroxylation is 1. The molecule has 1 aliphatic carbocycles. The summed E-state index contributed by atoms with van der Waals surface area (Å²) in [6.45, 7) is 4.19. The Morgan fingerprint density at radius 3 is 2.76 bits per heavy atom. The van der Waals surface area contributed by atoms with Crippen LogP contribution in [-0.2, 0) is 11.2 Å². The predicted octanol–water partition coefficient (Wildman–Crippen LogP) is 2.58. The van der Waals surface area contributed by atoms with Crippen molar-refractivity contribution in [2.45, 2.75) is 38.6 Å². The Balaban J connectivity index is 2.16. The summed E-state index contributed by atoms with van der Waals surface area (Å²) in [6, 6.07) is 9.02. The SMILES string of the molecule is CN1C(=O)C(C)(C)[C@H]2c3ccccc3CC[C@H]21. The standard InChI is InChI=1S/C15H19NO/c1-15(2)13-11-7-5-4-6-10(11)8-9-12(13)16(3)14(15)17/h4-7,12-13H,8-9H2,1-3H3/t12-,13+/m1/s1. The van der Waals surface area contributed by atoms with Crippen molar-refractivity contribution in [2.24, 2.45) is 5.41 Å². The third-order valence-electron chi connectivity index (χ3n) is 4.63. The van der Waals surface area contributed by atoms with E-state index in [2.05, 4.69) is 38.1 Å². The molecule has 17 heavy (non-hydrogen) atoms. The minimum Gasteiger partial charge on any atom is -0.342 e. The van der Waals surface area contributed by atoms with Gasteiger partial charge in [-0.15, -0.1) is 0 Å². The van der Waals surface area contributed by atoms with E-state index in [1.807, 2.05) is 11.9 Å². The molecule has 0 bridgehead atoms. The average Bonchev–Trinajstić information content (AvgIpc) is 2.51. The third-order valence-corrected chi connectivity index (χ3v) is 4.63. The topological polar surface area (TPSA) is 20.3 Å². The van der Waals surface area contributed by atoms with Gasteiger partial charge in [-0.05, 0) is 24.0 Å². The first-order valence-electron chi connectivity index (χ1n) is 6.38. The van der Waals surface area contributed by atoms with Crippen LogP contribution in [0, 0.1) is 5.41 Å². The van der Waals surface area contributed by atoms with E-state index in [-0.39, 0.29) is 5.41 Å². The van der Waals surface area contributed by atoms with E-state index in [0.717, 1.165) is 12.8 Å². The van der Waals surface area contributed by atoms with Gasteiger partial charge in [-0.2, -0.15) is 0 Å². The Morgan fingerprint density at radius 1 is 1.29 bits per heavy atom. The van der Waals surface area contributed by atoms with Crippen LogP contribution in [0.25, 0.3) is 0 Å². The average molecular weight is 229 g/mol. The molecule has 2 atom stereocenters. The maximum Gasteiger partial charge on any atom is 0.228 e. The quantitative estimate of drug-likeness (QED) is 0.669. The van der Waals surface area contributed by atoms with Crippen molar-refractivity contribution in [1.29, 1.82) is 0 Å². The number of likely N-dealkylation sites (N-methyl/N-ethyl adjacent to an activating group) is 1. The number of amides is 1. The van der Waals surface area contributed by atoms with Gasteiger partial charge in [0.2, 0.25) is 5.91 Å². The Kier molecular flexibility index (Phi) is 2.13. The summed E-state index contributed by atoms with van der Waals surface area (Å²) in [5.74, 6) is 0.661. The molecule has 1 aliphatic heterocycles. The van der Waals surface area contributed by atoms with E-state index in [0.29, 0.717) is 17.9 Å². The number of fused-ring (bicyclic) bond motifs is 3. The number of carbonyl (C=O) groups is 1. The smallest absolute Gasteiger partial charge is 0.228 e. The highest BCUT2D eigenvalue weighted by Gasteiger charge is 2.53. The zero-order valence-corrected chi connectivity index (χ0v) is 10.7. The summed E-state index contributed by atoms with van der Waals surface area (Å²) in [5, 5.41) is 0. The third kappa shape index (κ3) is 1.30. The lowest BCUT2D eigenvalue weighted by atomic mass is 9.69. The van der Waals surface area contributed by atoms with Crippen molar-refractivity contribution in [1.82, 2.24) is 4.90 Å². The van der Waals surface area contributed by atoms with Gasteiger partial charge in [0.15, 0.2) is 0 Å². The summed E-state index contributed by atoms with van der Waals surface area (Å²) in [5.41, 5.74) is 2.58. The van der Waals surface area contributed by atoms with Crippen LogP contribution >= 0.6 is 0 Å². The van der Waals surface area contributed by atoms with Gasteiger partial charge >= 0.3 is 0 Å². The molecule has 3 rings (SSSR count). The predicted molar refractivity (Wildman–Crippen MR) is 67.8 cm³/mol. The van der Waals surface area contributed by atoms with Gasteiger partial charge in [0, 0.05) is 19.0 Å². The molecule has 0 spiro atoms. The molecule has 90 valence electrons. The maximum absolute atomic E-state index is 12.3. The van der Waals surface area contributed by atoms with Crippen LogP contribution in [0.3, 0.4) is 0 Å². The molecule has 0 saturated carbocycles. The molecular formula is C15H19NO. The molecule has 1 fully saturated rings. The second-order valence-electron chi connectivity index (χ2n) is 5.92. The lowest BCUT2D eigenvalue weighted by molar-refractivity contribution is -0.134. The van der Waals surface area contributed by atoms with E-state index in [4.69, 9.17) is 0 Å². The van der Waals surface area contributed by atoms with E-state index in [1.54, 1.807) is 0 Å². The number of nitrogens with zero attached hydrogens (tertiary/aromatic N) is 1. The molecule has 1 amide bonds. The van der Waals surface area contributed by atoms with E-state index < -0.39 is 0 Å². The second kappa shape index (κ2) is 3.34. The normalized spacial score (nSPS) is 30.1. The molecule has 1 saturated heterocycles. The summed E-state index contributed by atoms with van der Waals surface area (Å²) in [6.07, 6.45) is 2.21. The van der Waals surface area contributed by atoms with E-state index in [9.17, 15) is 4.79 Å². The van der Waals surface area contributed by atoms with Crippen LogP contribution in [0.4, 0.5) is 0 Å². The van der Waals surface area contributed by atoms with Gasteiger partial charge in [0.25, 0.3) is 0 Å². The Hall–Kier alpha value is -1.31. The first-order chi connectivity index (χ1) is 8.03. The van der Waals surface area contributed by atoms with Gasteiger partial charge in [0.05, 0.1) is 5.41 Å². The lowest BCUT2D eigenvalue weighted by Gasteiger charge is -2.34. The fourth-order valence-electron chi connectivity index (χ4n) is 3.77. The number of benzene rings is 1. The second-order valence-corrected chi connectivity index (χ2v) is 5.92. The molecule has 0 aromatic heterocycles. The molecule has 2 heteroatoms. The monoisotopic (exact) mass is 229 g/mol. The fraction of sp³-hybridized carbons (Fsp3) is 0.533. The number of hydrogen-bond donors (Lipinski definition) is 0. The minimum absolute atomic E-state index is 0.254. The summed E-state index contributed by atoms with van der Waals surface area (Å²) < 4.78 is 0. The van der Waals surface area contributed by atoms with Crippen LogP contribution in [-0.4, -0.2) is 23.9 Å². The molecule has 2 aliphatic rings. The zero-order chi connectivity index (χ0) is 12.2. The molecule has 2 nitrogen and oxygen atoms in total. The van der Waals surface area contributed by atoms with Gasteiger partial charge in [-0.25, -0.2) is 0 Å². The summed E-state index contributed by atoms with van der Waals surface area (Å²) in [4.78, 5) is 14.3. The van der Waals surface area contributed by atoms with Crippen molar-refractivity contribution in [2.75, 3.05) is 7.05 Å². The van der Waals surface area contributed by atoms with Crippen LogP contribution < -0.4 is 0 Å². The van der Waals surface area contributed by atoms with E-state index >= 15 is 0 Å². The van der Waals surface area contributed by atoms with Crippen molar-refractivity contribution >= 4 is 5.91 Å². The summed E-state index contributed by atoms with van der Waals surface area (Å²) in [7, 11) is 1.96. The van der Waals surface area contributed by atoms with Crippen LogP contribution in [0.2, 0.25) is 0 Å². The van der Waals surface area contributed by atoms with Crippen LogP contribution in [0.15, 0.2) is 24.3 Å². The highest BCUT2D eigenvalue weighted by molar-refractivity contribution is 5.86. The number of likely N-dealkylation sites (tertiary alicyclic amines) is 1. The largest absolute Gasteiger partial charge is 0.342 e. The molecule has 1 aromatic carbocycles. The molecule has 0 N–H and O–H groups in total. The molecule has 0 radical (unpaired) electrons. The Bertz CT molecular complexity index is 478. The Morgan fingerprint density at radius 2 is 2.00 bits per heavy atom. The van der Waals surface area contributed by atoms with Crippen molar-refractivity contribution in [3.05, 3.63) is 35.4 Å². The van der Waals surface area contributed by atoms with Crippen LogP contribution in [0.5, 0.6) is 0 Å². The minimum atomic E-state index is -0.254. The zero-order valence-electron chi connectivity index (χ0n) is 10.7. The fourth-order valence-corrected chi connectivity index (χ4v) is 3.77. The van der Waals surface area contributed by atoms with Gasteiger partial charge < -0.3 is 4.90 Å². The first kappa shape index (κ1) is 10.8. The lowest BCUT2D eigenvalue weighted by Crippen LogP contribution is -2.33. The molecule has 0 unspecified atom stereocenters. The van der Waals surface area contributed by atoms with Crippen molar-refractivity contribution in [3.8, 4) is 0 Å². The number of rotatable bonds is 0.